The van der Waals surface area contributed by atoms with Crippen LogP contribution in [0.4, 0.5) is 0 Å². The Hall–Kier alpha value is -2.31. The molecule has 1 aromatic heterocycles. The van der Waals surface area contributed by atoms with Gasteiger partial charge in [-0.15, -0.1) is 10.2 Å². The van der Waals surface area contributed by atoms with Gasteiger partial charge in [0.15, 0.2) is 5.16 Å². The number of benzene rings is 2. The molecular weight excluding hydrogens is 368 g/mol. The molecule has 3 aromatic rings. The van der Waals surface area contributed by atoms with Crippen LogP contribution in [-0.2, 0) is 18.8 Å². The highest BCUT2D eigenvalue weighted by Crippen LogP contribution is 2.25. The maximum Gasteiger partial charge on any atom is 0.191 e. The van der Waals surface area contributed by atoms with Gasteiger partial charge in [0.1, 0.15) is 11.6 Å². The molecule has 2 aromatic carbocycles. The fourth-order valence-electron chi connectivity index (χ4n) is 3.52. The number of hydrogen-bond acceptors (Lipinski definition) is 5. The Balaban J connectivity index is 1.53. The molecule has 0 saturated carbocycles. The predicted octanol–water partition coefficient (Wildman–Crippen LogP) is 4.22. The molecule has 146 valence electrons. The fraction of sp³-hybridized carbons (Fsp3) is 0.364. The molecular formula is C22H26N4OS. The summed E-state index contributed by atoms with van der Waals surface area (Å²) in [7, 11) is 1.70. The van der Waals surface area contributed by atoms with Gasteiger partial charge in [-0.1, -0.05) is 54.2 Å². The Morgan fingerprint density at radius 1 is 0.929 bits per heavy atom. The van der Waals surface area contributed by atoms with Gasteiger partial charge in [-0.3, -0.25) is 4.90 Å². The molecule has 2 heterocycles. The molecule has 0 radical (unpaired) electrons. The lowest BCUT2D eigenvalue weighted by Gasteiger charge is -2.16. The summed E-state index contributed by atoms with van der Waals surface area (Å²) in [6.07, 6.45) is 2.56. The van der Waals surface area contributed by atoms with Crippen LogP contribution in [-0.4, -0.2) is 39.9 Å². The van der Waals surface area contributed by atoms with E-state index in [2.05, 4.69) is 62.1 Å². The van der Waals surface area contributed by atoms with Gasteiger partial charge in [0.25, 0.3) is 0 Å². The maximum absolute atomic E-state index is 5.34. The molecule has 4 rings (SSSR count). The standard InChI is InChI=1S/C22H26N4OS/c1-27-20-11-7-10-19(14-20)17-28-22-24-23-21(16-25-12-5-6-13-25)26(22)15-18-8-3-2-4-9-18/h2-4,7-11,14H,5-6,12-13,15-17H2,1H3. The van der Waals surface area contributed by atoms with E-state index in [1.54, 1.807) is 18.9 Å². The zero-order valence-electron chi connectivity index (χ0n) is 16.3. The van der Waals surface area contributed by atoms with Gasteiger partial charge in [0.05, 0.1) is 20.2 Å². The first-order chi connectivity index (χ1) is 13.8. The minimum atomic E-state index is 0.803. The molecule has 0 amide bonds. The number of nitrogens with zero attached hydrogens (tertiary/aromatic N) is 4. The second-order valence-corrected chi connectivity index (χ2v) is 8.04. The number of likely N-dealkylation sites (tertiary alicyclic amines) is 1. The van der Waals surface area contributed by atoms with Crippen molar-refractivity contribution in [2.24, 2.45) is 0 Å². The van der Waals surface area contributed by atoms with Crippen molar-refractivity contribution in [1.29, 1.82) is 0 Å². The number of aromatic nitrogens is 3. The fourth-order valence-corrected chi connectivity index (χ4v) is 4.42. The average molecular weight is 395 g/mol. The summed E-state index contributed by atoms with van der Waals surface area (Å²) >= 11 is 1.73. The van der Waals surface area contributed by atoms with Gasteiger partial charge in [0, 0.05) is 5.75 Å². The molecule has 1 fully saturated rings. The van der Waals surface area contributed by atoms with E-state index in [1.165, 1.54) is 24.0 Å². The second kappa shape index (κ2) is 9.26. The van der Waals surface area contributed by atoms with E-state index in [0.717, 1.165) is 48.7 Å². The smallest absolute Gasteiger partial charge is 0.191 e. The molecule has 1 saturated heterocycles. The van der Waals surface area contributed by atoms with Crippen molar-refractivity contribution in [1.82, 2.24) is 19.7 Å². The molecule has 0 atom stereocenters. The Bertz CT molecular complexity index is 891. The summed E-state index contributed by atoms with van der Waals surface area (Å²) in [6.45, 7) is 3.99. The lowest BCUT2D eigenvalue weighted by molar-refractivity contribution is 0.316. The number of hydrogen-bond donors (Lipinski definition) is 0. The number of methoxy groups -OCH3 is 1. The van der Waals surface area contributed by atoms with E-state index in [0.29, 0.717) is 0 Å². The molecule has 28 heavy (non-hydrogen) atoms. The number of thioether (sulfide) groups is 1. The largest absolute Gasteiger partial charge is 0.497 e. The van der Waals surface area contributed by atoms with Crippen molar-refractivity contribution >= 4 is 11.8 Å². The van der Waals surface area contributed by atoms with Crippen LogP contribution in [0.1, 0.15) is 29.8 Å². The summed E-state index contributed by atoms with van der Waals surface area (Å²) in [6, 6.07) is 18.8. The predicted molar refractivity (Wildman–Crippen MR) is 113 cm³/mol. The zero-order chi connectivity index (χ0) is 19.2. The quantitative estimate of drug-likeness (QED) is 0.535. The van der Waals surface area contributed by atoms with Crippen molar-refractivity contribution in [3.05, 3.63) is 71.5 Å². The van der Waals surface area contributed by atoms with Crippen molar-refractivity contribution in [2.75, 3.05) is 20.2 Å². The summed E-state index contributed by atoms with van der Waals surface area (Å²) in [4.78, 5) is 2.47. The molecule has 5 nitrogen and oxygen atoms in total. The molecule has 0 unspecified atom stereocenters. The molecule has 0 aliphatic carbocycles. The minimum absolute atomic E-state index is 0.803. The summed E-state index contributed by atoms with van der Waals surface area (Å²) < 4.78 is 7.62. The first kappa shape index (κ1) is 19.0. The number of ether oxygens (including phenoxy) is 1. The van der Waals surface area contributed by atoms with Crippen molar-refractivity contribution in [3.8, 4) is 5.75 Å². The third-order valence-corrected chi connectivity index (χ3v) is 6.08. The van der Waals surface area contributed by atoms with Gasteiger partial charge in [-0.05, 0) is 49.2 Å². The first-order valence-electron chi connectivity index (χ1n) is 9.76. The normalized spacial score (nSPS) is 14.5. The van der Waals surface area contributed by atoms with Crippen LogP contribution in [0.3, 0.4) is 0 Å². The Morgan fingerprint density at radius 2 is 1.71 bits per heavy atom. The molecule has 1 aliphatic rings. The van der Waals surface area contributed by atoms with Crippen LogP contribution in [0, 0.1) is 0 Å². The Kier molecular flexibility index (Phi) is 6.29. The van der Waals surface area contributed by atoms with Gasteiger partial charge in [-0.2, -0.15) is 0 Å². The Labute approximate surface area is 170 Å². The van der Waals surface area contributed by atoms with E-state index >= 15 is 0 Å². The van der Waals surface area contributed by atoms with Crippen LogP contribution in [0.15, 0.2) is 59.8 Å². The van der Waals surface area contributed by atoms with Crippen LogP contribution in [0.2, 0.25) is 0 Å². The van der Waals surface area contributed by atoms with Crippen LogP contribution in [0.5, 0.6) is 5.75 Å². The van der Waals surface area contributed by atoms with E-state index < -0.39 is 0 Å². The van der Waals surface area contributed by atoms with Crippen molar-refractivity contribution < 1.29 is 4.74 Å². The second-order valence-electron chi connectivity index (χ2n) is 7.09. The minimum Gasteiger partial charge on any atom is -0.497 e. The van der Waals surface area contributed by atoms with E-state index in [1.807, 2.05) is 12.1 Å². The van der Waals surface area contributed by atoms with Crippen LogP contribution < -0.4 is 4.74 Å². The SMILES string of the molecule is COc1cccc(CSc2nnc(CN3CCCC3)n2Cc2ccccc2)c1. The van der Waals surface area contributed by atoms with Crippen molar-refractivity contribution in [3.63, 3.8) is 0 Å². The molecule has 0 spiro atoms. The highest BCUT2D eigenvalue weighted by Gasteiger charge is 2.18. The van der Waals surface area contributed by atoms with E-state index in [4.69, 9.17) is 4.74 Å². The van der Waals surface area contributed by atoms with Gasteiger partial charge in [-0.25, -0.2) is 0 Å². The van der Waals surface area contributed by atoms with Gasteiger partial charge >= 0.3 is 0 Å². The maximum atomic E-state index is 5.34. The lowest BCUT2D eigenvalue weighted by Crippen LogP contribution is -2.21. The molecule has 0 bridgehead atoms. The summed E-state index contributed by atoms with van der Waals surface area (Å²) in [5.41, 5.74) is 2.49. The highest BCUT2D eigenvalue weighted by molar-refractivity contribution is 7.98. The van der Waals surface area contributed by atoms with E-state index in [-0.39, 0.29) is 0 Å². The topological polar surface area (TPSA) is 43.2 Å². The van der Waals surface area contributed by atoms with Crippen molar-refractivity contribution in [2.45, 2.75) is 36.8 Å². The zero-order valence-corrected chi connectivity index (χ0v) is 17.1. The molecule has 0 N–H and O–H groups in total. The van der Waals surface area contributed by atoms with Gasteiger partial charge < -0.3 is 9.30 Å². The third-order valence-electron chi connectivity index (χ3n) is 5.04. The summed E-state index contributed by atoms with van der Waals surface area (Å²) in [5, 5.41) is 10.1. The average Bonchev–Trinajstić information content (AvgIpc) is 3.38. The monoisotopic (exact) mass is 394 g/mol. The van der Waals surface area contributed by atoms with Crippen LogP contribution >= 0.6 is 11.8 Å². The van der Waals surface area contributed by atoms with Crippen LogP contribution in [0.25, 0.3) is 0 Å². The van der Waals surface area contributed by atoms with Gasteiger partial charge in [0.2, 0.25) is 0 Å². The number of rotatable bonds is 8. The summed E-state index contributed by atoms with van der Waals surface area (Å²) in [5.74, 6) is 2.78. The molecule has 6 heteroatoms. The third kappa shape index (κ3) is 4.75. The lowest BCUT2D eigenvalue weighted by atomic mass is 10.2. The highest BCUT2D eigenvalue weighted by atomic mass is 32.2. The molecule has 1 aliphatic heterocycles. The Morgan fingerprint density at radius 3 is 2.50 bits per heavy atom. The van der Waals surface area contributed by atoms with E-state index in [9.17, 15) is 0 Å². The first-order valence-corrected chi connectivity index (χ1v) is 10.7.